The molecule has 4 unspecified atom stereocenters. The van der Waals surface area contributed by atoms with Crippen LogP contribution in [0.3, 0.4) is 0 Å². The van der Waals surface area contributed by atoms with Gasteiger partial charge in [-0.1, -0.05) is 114 Å². The summed E-state index contributed by atoms with van der Waals surface area (Å²) in [6.07, 6.45) is 29.1. The molecule has 8 saturated carbocycles. The van der Waals surface area contributed by atoms with Gasteiger partial charge in [0.1, 0.15) is 6.10 Å². The summed E-state index contributed by atoms with van der Waals surface area (Å²) in [6.45, 7) is 32.5. The van der Waals surface area contributed by atoms with Gasteiger partial charge in [0.05, 0.1) is 5.41 Å². The molecule has 0 heterocycles. The van der Waals surface area contributed by atoms with E-state index in [1.54, 1.807) is 12.5 Å². The molecule has 1 amide bonds. The maximum absolute atomic E-state index is 15.3. The Morgan fingerprint density at radius 1 is 0.698 bits per heavy atom. The zero-order chi connectivity index (χ0) is 45.3. The molecular weight excluding hydrogens is 771 g/mol. The van der Waals surface area contributed by atoms with E-state index in [0.29, 0.717) is 40.9 Å². The molecule has 0 aromatic carbocycles. The highest BCUT2D eigenvalue weighted by Crippen LogP contribution is 2.78. The Labute approximate surface area is 387 Å². The van der Waals surface area contributed by atoms with Crippen molar-refractivity contribution in [1.29, 1.82) is 0 Å². The number of rotatable bonds is 9. The van der Waals surface area contributed by atoms with Crippen LogP contribution in [0.4, 0.5) is 0 Å². The molecule has 0 aromatic rings. The highest BCUT2D eigenvalue weighted by molar-refractivity contribution is 5.78. The molecule has 9 rings (SSSR count). The zero-order valence-electron chi connectivity index (χ0n) is 43.2. The van der Waals surface area contributed by atoms with Crippen molar-refractivity contribution in [2.45, 2.75) is 237 Å². The minimum Gasteiger partial charge on any atom is -0.462 e. The maximum atomic E-state index is 15.3. The number of amides is 1. The highest BCUT2D eigenvalue weighted by Gasteiger charge is 2.72. The van der Waals surface area contributed by atoms with Crippen LogP contribution in [0.1, 0.15) is 225 Å². The Kier molecular flexibility index (Phi) is 12.0. The molecule has 1 N–H and O–H groups in total. The second-order valence-corrected chi connectivity index (χ2v) is 28.0. The Morgan fingerprint density at radius 2 is 1.43 bits per heavy atom. The average molecular weight is 868 g/mol. The van der Waals surface area contributed by atoms with E-state index in [0.717, 1.165) is 67.6 Å². The number of carbonyl (C=O) groups is 2. The second kappa shape index (κ2) is 16.2. The van der Waals surface area contributed by atoms with E-state index < -0.39 is 0 Å². The summed E-state index contributed by atoms with van der Waals surface area (Å²) in [5, 5.41) is 3.40. The lowest BCUT2D eigenvalue weighted by Gasteiger charge is -2.73. The summed E-state index contributed by atoms with van der Waals surface area (Å²) >= 11 is 0. The van der Waals surface area contributed by atoms with Crippen molar-refractivity contribution in [3.8, 4) is 0 Å². The number of nitrogens with one attached hydrogen (secondary N) is 1. The van der Waals surface area contributed by atoms with Crippen LogP contribution < -0.4 is 5.32 Å². The fourth-order valence-electron chi connectivity index (χ4n) is 21.3. The van der Waals surface area contributed by atoms with Crippen molar-refractivity contribution in [1.82, 2.24) is 5.32 Å². The third-order valence-corrected chi connectivity index (χ3v) is 24.7. The molecule has 356 valence electrons. The molecule has 9 aliphatic carbocycles. The first-order chi connectivity index (χ1) is 29.6. The normalized spacial score (nSPS) is 50.1. The zero-order valence-corrected chi connectivity index (χ0v) is 43.2. The van der Waals surface area contributed by atoms with Gasteiger partial charge in [0.2, 0.25) is 5.91 Å². The van der Waals surface area contributed by atoms with E-state index in [4.69, 9.17) is 4.74 Å². The molecule has 63 heavy (non-hydrogen) atoms. The average Bonchev–Trinajstić information content (AvgIpc) is 3.78. The molecule has 8 fully saturated rings. The van der Waals surface area contributed by atoms with Crippen LogP contribution >= 0.6 is 0 Å². The van der Waals surface area contributed by atoms with E-state index in [1.807, 2.05) is 0 Å². The second-order valence-electron chi connectivity index (χ2n) is 28.0. The fourth-order valence-corrected chi connectivity index (χ4v) is 21.3. The van der Waals surface area contributed by atoms with Gasteiger partial charge in [-0.15, -0.1) is 0 Å². The van der Waals surface area contributed by atoms with Crippen molar-refractivity contribution in [3.63, 3.8) is 0 Å². The van der Waals surface area contributed by atoms with Gasteiger partial charge in [-0.25, -0.2) is 0 Å². The van der Waals surface area contributed by atoms with Crippen molar-refractivity contribution in [2.75, 3.05) is 0 Å². The molecular formula is C59H97NO3. The first-order valence-corrected chi connectivity index (χ1v) is 27.7. The number of esters is 1. The molecule has 0 aliphatic heterocycles. The number of ether oxygens (including phenoxy) is 1. The van der Waals surface area contributed by atoms with Crippen LogP contribution in [-0.4, -0.2) is 24.0 Å². The van der Waals surface area contributed by atoms with Crippen molar-refractivity contribution in [2.24, 2.45) is 109 Å². The molecule has 18 atom stereocenters. The van der Waals surface area contributed by atoms with E-state index in [2.05, 4.69) is 94.5 Å². The van der Waals surface area contributed by atoms with Crippen LogP contribution in [0.25, 0.3) is 0 Å². The van der Waals surface area contributed by atoms with Crippen LogP contribution in [-0.2, 0) is 14.3 Å². The smallest absolute Gasteiger partial charge is 0.312 e. The molecule has 0 bridgehead atoms. The van der Waals surface area contributed by atoms with E-state index in [1.165, 1.54) is 103 Å². The minimum absolute atomic E-state index is 0.0469. The van der Waals surface area contributed by atoms with Crippen molar-refractivity contribution in [3.05, 3.63) is 11.6 Å². The Balaban J connectivity index is 0.907. The maximum Gasteiger partial charge on any atom is 0.312 e. The topological polar surface area (TPSA) is 55.4 Å². The molecule has 0 aromatic heterocycles. The van der Waals surface area contributed by atoms with Gasteiger partial charge in [0.25, 0.3) is 0 Å². The largest absolute Gasteiger partial charge is 0.462 e. The SMILES string of the molecule is CC(=O)NC1CC[C@@]2(C)C(CC[C@]3(C)[C@@H]2CC[C@@H]2C4C(C(C)C)CC[C@]4(C(=O)O[C@H]4CC[C@@]5(C)C(=CC[C@H]6[C@@H]7CC[C@H]([C@H](C)CCCC(C)C)[C@@]7(C)CC[C@@H]65)C4)CC[C@]23C)C1(C)C. The van der Waals surface area contributed by atoms with Gasteiger partial charge in [0, 0.05) is 19.4 Å². The summed E-state index contributed by atoms with van der Waals surface area (Å²) in [5.74, 6) is 8.98. The lowest BCUT2D eigenvalue weighted by atomic mass is 9.32. The highest BCUT2D eigenvalue weighted by atomic mass is 16.5. The van der Waals surface area contributed by atoms with Crippen LogP contribution in [0.2, 0.25) is 0 Å². The summed E-state index contributed by atoms with van der Waals surface area (Å²) in [7, 11) is 0. The summed E-state index contributed by atoms with van der Waals surface area (Å²) < 4.78 is 7.05. The number of carbonyl (C=O) groups excluding carboxylic acids is 2. The first kappa shape index (κ1) is 46.8. The van der Waals surface area contributed by atoms with Crippen molar-refractivity contribution >= 4 is 11.9 Å². The molecule has 0 radical (unpaired) electrons. The summed E-state index contributed by atoms with van der Waals surface area (Å²) in [5.41, 5.74) is 3.01. The molecule has 0 spiro atoms. The quantitative estimate of drug-likeness (QED) is 0.186. The number of fused-ring (bicyclic) bond motifs is 12. The van der Waals surface area contributed by atoms with Gasteiger partial charge in [-0.2, -0.15) is 0 Å². The third kappa shape index (κ3) is 6.93. The third-order valence-electron chi connectivity index (χ3n) is 24.7. The number of allylic oxidation sites excluding steroid dienone is 1. The minimum atomic E-state index is -0.312. The number of hydrogen-bond donors (Lipinski definition) is 1. The fraction of sp³-hybridized carbons (Fsp3) is 0.932. The molecule has 4 nitrogen and oxygen atoms in total. The Bertz CT molecular complexity index is 1780. The van der Waals surface area contributed by atoms with Crippen molar-refractivity contribution < 1.29 is 14.3 Å². The molecule has 0 saturated heterocycles. The predicted octanol–water partition coefficient (Wildman–Crippen LogP) is 15.2. The standard InChI is InChI=1S/C59H97NO3/c1-36(2)15-14-16-38(5)44-19-20-45-43-18-17-40-35-41(23-28-54(40,9)46(43)25-29-55(44,45)10)63-52(62)59-32-24-42(37(3)4)51(59)47-21-22-49-56(11)30-27-50(60-39(6)61)53(7,8)48(56)26-31-58(49,13)57(47,12)33-34-59/h17,36-38,41-51H,14-16,18-35H2,1-13H3,(H,60,61)/t38-,41+,42?,43+,44-,45+,46+,47-,48?,49-,50?,51?,54+,55-,56+,57-,58-,59+/m1/s1. The van der Waals surface area contributed by atoms with Gasteiger partial charge in [-0.05, 0) is 213 Å². The van der Waals surface area contributed by atoms with Gasteiger partial charge in [-0.3, -0.25) is 9.59 Å². The van der Waals surface area contributed by atoms with Crippen LogP contribution in [0, 0.1) is 109 Å². The molecule has 9 aliphatic rings. The first-order valence-electron chi connectivity index (χ1n) is 27.7. The number of hydrogen-bond acceptors (Lipinski definition) is 3. The van der Waals surface area contributed by atoms with Gasteiger partial charge < -0.3 is 10.1 Å². The lowest BCUT2D eigenvalue weighted by molar-refractivity contribution is -0.243. The molecule has 4 heteroatoms. The van der Waals surface area contributed by atoms with E-state index >= 15 is 4.79 Å². The van der Waals surface area contributed by atoms with Gasteiger partial charge >= 0.3 is 5.97 Å². The summed E-state index contributed by atoms with van der Waals surface area (Å²) in [4.78, 5) is 27.7. The van der Waals surface area contributed by atoms with Crippen LogP contribution in [0.15, 0.2) is 11.6 Å². The Hall–Kier alpha value is -1.32. The predicted molar refractivity (Wildman–Crippen MR) is 260 cm³/mol. The van der Waals surface area contributed by atoms with E-state index in [-0.39, 0.29) is 56.5 Å². The Morgan fingerprint density at radius 3 is 2.14 bits per heavy atom. The van der Waals surface area contributed by atoms with E-state index in [9.17, 15) is 4.79 Å². The van der Waals surface area contributed by atoms with Gasteiger partial charge in [0.15, 0.2) is 0 Å². The lowest BCUT2D eigenvalue weighted by Crippen LogP contribution is -2.68. The van der Waals surface area contributed by atoms with Crippen LogP contribution in [0.5, 0.6) is 0 Å². The summed E-state index contributed by atoms with van der Waals surface area (Å²) in [6, 6.07) is 0.266. The monoisotopic (exact) mass is 868 g/mol.